The van der Waals surface area contributed by atoms with E-state index in [9.17, 15) is 0 Å². The molecule has 1 atom stereocenters. The highest BCUT2D eigenvalue weighted by molar-refractivity contribution is 8.16. The van der Waals surface area contributed by atoms with Crippen LogP contribution in [0.25, 0.3) is 0 Å². The van der Waals surface area contributed by atoms with E-state index in [1.165, 1.54) is 16.3 Å². The van der Waals surface area contributed by atoms with Gasteiger partial charge in [0.25, 0.3) is 0 Å². The molecule has 2 heterocycles. The second kappa shape index (κ2) is 6.22. The molecule has 0 saturated carbocycles. The molecular weight excluding hydrogens is 304 g/mol. The molecule has 5 heteroatoms. The molecular formula is C18H16N4S. The van der Waals surface area contributed by atoms with Gasteiger partial charge in [-0.25, -0.2) is 9.67 Å². The van der Waals surface area contributed by atoms with Crippen molar-refractivity contribution in [1.29, 1.82) is 0 Å². The van der Waals surface area contributed by atoms with Gasteiger partial charge in [-0.05, 0) is 35.7 Å². The maximum atomic E-state index is 4.23. The molecule has 0 fully saturated rings. The Labute approximate surface area is 137 Å². The number of allylic oxidation sites excluding steroid dienone is 2. The van der Waals surface area contributed by atoms with Gasteiger partial charge >= 0.3 is 0 Å². The van der Waals surface area contributed by atoms with Crippen LogP contribution in [-0.4, -0.2) is 20.1 Å². The zero-order chi connectivity index (χ0) is 15.5. The summed E-state index contributed by atoms with van der Waals surface area (Å²) in [6.07, 6.45) is 5.52. The SMILES string of the molecule is C1=C(Cn2cncn2)N(c2ccccc2)S(c2ccccc2)=C1. The fraction of sp³-hybridized carbons (Fsp3) is 0.0556. The van der Waals surface area contributed by atoms with E-state index in [4.69, 9.17) is 0 Å². The van der Waals surface area contributed by atoms with E-state index in [0.29, 0.717) is 6.54 Å². The monoisotopic (exact) mass is 320 g/mol. The van der Waals surface area contributed by atoms with Gasteiger partial charge in [0.05, 0.1) is 17.9 Å². The van der Waals surface area contributed by atoms with Crippen LogP contribution in [0.4, 0.5) is 5.69 Å². The number of anilines is 1. The Kier molecular flexibility index (Phi) is 3.78. The van der Waals surface area contributed by atoms with E-state index in [-0.39, 0.29) is 10.7 Å². The average Bonchev–Trinajstić information content (AvgIpc) is 3.27. The summed E-state index contributed by atoms with van der Waals surface area (Å²) in [7, 11) is -0.117. The fourth-order valence-electron chi connectivity index (χ4n) is 2.58. The third-order valence-electron chi connectivity index (χ3n) is 3.61. The van der Waals surface area contributed by atoms with E-state index >= 15 is 0 Å². The van der Waals surface area contributed by atoms with E-state index < -0.39 is 0 Å². The highest BCUT2D eigenvalue weighted by atomic mass is 32.2. The summed E-state index contributed by atoms with van der Waals surface area (Å²) < 4.78 is 4.24. The Hall–Kier alpha value is -2.66. The molecule has 1 unspecified atom stereocenters. The third-order valence-corrected chi connectivity index (χ3v) is 5.60. The summed E-state index contributed by atoms with van der Waals surface area (Å²) in [5.74, 6) is 0. The van der Waals surface area contributed by atoms with Crippen LogP contribution in [0.3, 0.4) is 0 Å². The predicted octanol–water partition coefficient (Wildman–Crippen LogP) is 3.73. The van der Waals surface area contributed by atoms with Crippen molar-refractivity contribution in [3.05, 3.63) is 85.1 Å². The molecule has 0 amide bonds. The van der Waals surface area contributed by atoms with Gasteiger partial charge in [0, 0.05) is 4.90 Å². The molecule has 1 aliphatic rings. The van der Waals surface area contributed by atoms with Gasteiger partial charge in [-0.3, -0.25) is 4.31 Å². The lowest BCUT2D eigenvalue weighted by atomic mass is 10.3. The lowest BCUT2D eigenvalue weighted by Gasteiger charge is -2.27. The first kappa shape index (κ1) is 14.0. The molecule has 114 valence electrons. The Morgan fingerprint density at radius 2 is 1.65 bits per heavy atom. The largest absolute Gasteiger partial charge is 0.289 e. The van der Waals surface area contributed by atoms with E-state index in [1.807, 2.05) is 10.7 Å². The molecule has 0 radical (unpaired) electrons. The lowest BCUT2D eigenvalue weighted by Crippen LogP contribution is -2.17. The second-order valence-electron chi connectivity index (χ2n) is 5.14. The van der Waals surface area contributed by atoms with Gasteiger partial charge in [0.15, 0.2) is 0 Å². The van der Waals surface area contributed by atoms with Crippen molar-refractivity contribution in [2.75, 3.05) is 4.31 Å². The minimum Gasteiger partial charge on any atom is -0.289 e. The Balaban J connectivity index is 1.72. The highest BCUT2D eigenvalue weighted by Gasteiger charge is 2.21. The summed E-state index contributed by atoms with van der Waals surface area (Å²) in [6.45, 7) is 0.710. The Bertz CT molecular complexity index is 839. The summed E-state index contributed by atoms with van der Waals surface area (Å²) >= 11 is 0. The van der Waals surface area contributed by atoms with Crippen molar-refractivity contribution in [1.82, 2.24) is 14.8 Å². The second-order valence-corrected chi connectivity index (χ2v) is 6.88. The van der Waals surface area contributed by atoms with Gasteiger partial charge in [-0.1, -0.05) is 47.1 Å². The number of hydrogen-bond donors (Lipinski definition) is 0. The predicted molar refractivity (Wildman–Crippen MR) is 95.4 cm³/mol. The van der Waals surface area contributed by atoms with Crippen molar-refractivity contribution in [2.45, 2.75) is 11.4 Å². The number of hydrogen-bond acceptors (Lipinski definition) is 3. The molecule has 2 aromatic carbocycles. The zero-order valence-electron chi connectivity index (χ0n) is 12.5. The highest BCUT2D eigenvalue weighted by Crippen LogP contribution is 2.41. The lowest BCUT2D eigenvalue weighted by molar-refractivity contribution is 0.672. The van der Waals surface area contributed by atoms with E-state index in [2.05, 4.69) is 80.4 Å². The Morgan fingerprint density at radius 1 is 0.913 bits per heavy atom. The molecule has 1 aliphatic heterocycles. The summed E-state index contributed by atoms with van der Waals surface area (Å²) in [5, 5.41) is 6.51. The fourth-order valence-corrected chi connectivity index (χ4v) is 4.51. The molecule has 4 nitrogen and oxygen atoms in total. The molecule has 0 saturated heterocycles. The molecule has 4 rings (SSSR count). The van der Waals surface area contributed by atoms with Crippen molar-refractivity contribution < 1.29 is 0 Å². The number of aromatic nitrogens is 3. The zero-order valence-corrected chi connectivity index (χ0v) is 13.3. The summed E-state index contributed by atoms with van der Waals surface area (Å²) in [6, 6.07) is 21.1. The van der Waals surface area contributed by atoms with E-state index in [0.717, 1.165) is 0 Å². The molecule has 3 aromatic rings. The topological polar surface area (TPSA) is 34.0 Å². The van der Waals surface area contributed by atoms with Gasteiger partial charge in [0.2, 0.25) is 0 Å². The number of para-hydroxylation sites is 1. The maximum Gasteiger partial charge on any atom is 0.137 e. The van der Waals surface area contributed by atoms with Crippen LogP contribution in [0.2, 0.25) is 0 Å². The first-order valence-corrected chi connectivity index (χ1v) is 8.66. The van der Waals surface area contributed by atoms with Crippen LogP contribution >= 0.6 is 10.7 Å². The van der Waals surface area contributed by atoms with Gasteiger partial charge in [0.1, 0.15) is 12.7 Å². The minimum absolute atomic E-state index is 0.117. The smallest absolute Gasteiger partial charge is 0.137 e. The van der Waals surface area contributed by atoms with Gasteiger partial charge < -0.3 is 0 Å². The third kappa shape index (κ3) is 2.83. The van der Waals surface area contributed by atoms with Crippen molar-refractivity contribution in [2.24, 2.45) is 0 Å². The van der Waals surface area contributed by atoms with Crippen LogP contribution < -0.4 is 4.31 Å². The molecule has 0 N–H and O–H groups in total. The van der Waals surface area contributed by atoms with E-state index in [1.54, 1.807) is 12.7 Å². The quantitative estimate of drug-likeness (QED) is 0.687. The van der Waals surface area contributed by atoms with Gasteiger partial charge in [-0.15, -0.1) is 0 Å². The average molecular weight is 320 g/mol. The van der Waals surface area contributed by atoms with Crippen LogP contribution in [0.5, 0.6) is 0 Å². The normalized spacial score (nSPS) is 17.0. The minimum atomic E-state index is -0.117. The maximum absolute atomic E-state index is 4.23. The first-order valence-electron chi connectivity index (χ1n) is 7.42. The van der Waals surface area contributed by atoms with Crippen LogP contribution in [-0.2, 0) is 6.54 Å². The van der Waals surface area contributed by atoms with Crippen LogP contribution in [0.15, 0.2) is 90.0 Å². The standard InChI is InChI=1S/C18H16N4S/c1-3-7-16(8-4-1)22-17(13-21-15-19-14-20-21)11-12-23(22)18-9-5-2-6-10-18/h1-12,14-15H,13H2. The molecule has 23 heavy (non-hydrogen) atoms. The van der Waals surface area contributed by atoms with Crippen molar-refractivity contribution in [3.63, 3.8) is 0 Å². The first-order chi connectivity index (χ1) is 11.4. The molecule has 0 spiro atoms. The van der Waals surface area contributed by atoms with Crippen molar-refractivity contribution in [3.8, 4) is 0 Å². The van der Waals surface area contributed by atoms with Crippen LogP contribution in [0.1, 0.15) is 0 Å². The number of rotatable bonds is 4. The Morgan fingerprint density at radius 3 is 2.35 bits per heavy atom. The molecule has 0 bridgehead atoms. The molecule has 1 aromatic heterocycles. The number of benzene rings is 2. The summed E-state index contributed by atoms with van der Waals surface area (Å²) in [5.41, 5.74) is 2.41. The van der Waals surface area contributed by atoms with Crippen molar-refractivity contribution >= 4 is 21.7 Å². The van der Waals surface area contributed by atoms with Crippen LogP contribution in [0, 0.1) is 0 Å². The molecule has 0 aliphatic carbocycles. The summed E-state index contributed by atoms with van der Waals surface area (Å²) in [4.78, 5) is 5.34. The number of nitrogens with zero attached hydrogens (tertiary/aromatic N) is 4. The van der Waals surface area contributed by atoms with Gasteiger partial charge in [-0.2, -0.15) is 5.10 Å².